The second kappa shape index (κ2) is 7.54. The molecule has 4 nitrogen and oxygen atoms in total. The summed E-state index contributed by atoms with van der Waals surface area (Å²) in [6.07, 6.45) is -0.396. The summed E-state index contributed by atoms with van der Waals surface area (Å²) in [6, 6.07) is 19.7. The van der Waals surface area contributed by atoms with Gasteiger partial charge in [-0.25, -0.2) is 4.39 Å². The van der Waals surface area contributed by atoms with Gasteiger partial charge in [0.1, 0.15) is 5.82 Å². The van der Waals surface area contributed by atoms with E-state index in [0.717, 1.165) is 4.47 Å². The van der Waals surface area contributed by atoms with E-state index in [1.54, 1.807) is 66.7 Å². The summed E-state index contributed by atoms with van der Waals surface area (Å²) in [7, 11) is 0. The lowest BCUT2D eigenvalue weighted by atomic mass is 9.88. The summed E-state index contributed by atoms with van der Waals surface area (Å²) in [4.78, 5) is 27.4. The van der Waals surface area contributed by atoms with E-state index in [1.807, 2.05) is 0 Å². The Morgan fingerprint density at radius 3 is 2.52 bits per heavy atom. The first-order chi connectivity index (χ1) is 13.9. The average Bonchev–Trinajstić information content (AvgIpc) is 2.92. The number of nitrogens with zero attached hydrogens (tertiary/aromatic N) is 1. The third-order valence-corrected chi connectivity index (χ3v) is 5.58. The van der Waals surface area contributed by atoms with Crippen LogP contribution in [0.5, 0.6) is 0 Å². The van der Waals surface area contributed by atoms with Gasteiger partial charge in [0.15, 0.2) is 11.4 Å². The van der Waals surface area contributed by atoms with Gasteiger partial charge in [0.25, 0.3) is 5.91 Å². The Labute approximate surface area is 175 Å². The molecule has 1 aliphatic rings. The molecule has 6 heteroatoms. The first kappa shape index (κ1) is 19.5. The first-order valence-corrected chi connectivity index (χ1v) is 9.85. The number of hydrogen-bond donors (Lipinski definition) is 1. The highest BCUT2D eigenvalue weighted by Gasteiger charge is 2.50. The number of amides is 1. The van der Waals surface area contributed by atoms with Crippen molar-refractivity contribution in [3.8, 4) is 0 Å². The van der Waals surface area contributed by atoms with Crippen molar-refractivity contribution < 1.29 is 19.1 Å². The van der Waals surface area contributed by atoms with E-state index in [-0.39, 0.29) is 12.3 Å². The molecule has 0 bridgehead atoms. The highest BCUT2D eigenvalue weighted by molar-refractivity contribution is 9.10. The van der Waals surface area contributed by atoms with Crippen molar-refractivity contribution in [2.24, 2.45) is 0 Å². The Morgan fingerprint density at radius 2 is 1.76 bits per heavy atom. The summed E-state index contributed by atoms with van der Waals surface area (Å²) < 4.78 is 14.9. The van der Waals surface area contributed by atoms with E-state index < -0.39 is 23.7 Å². The predicted molar refractivity (Wildman–Crippen MR) is 111 cm³/mol. The predicted octanol–water partition coefficient (Wildman–Crippen LogP) is 4.60. The molecule has 29 heavy (non-hydrogen) atoms. The number of anilines is 1. The first-order valence-electron chi connectivity index (χ1n) is 9.06. The lowest BCUT2D eigenvalue weighted by Gasteiger charge is -2.23. The Bertz CT molecular complexity index is 1120. The highest BCUT2D eigenvalue weighted by atomic mass is 79.9. The molecular weight excluding hydrogens is 437 g/mol. The third kappa shape index (κ3) is 3.50. The second-order valence-electron chi connectivity index (χ2n) is 6.97. The fraction of sp³-hybridized carbons (Fsp3) is 0.130. The van der Waals surface area contributed by atoms with E-state index in [2.05, 4.69) is 15.9 Å². The van der Waals surface area contributed by atoms with Crippen molar-refractivity contribution in [2.45, 2.75) is 18.6 Å². The summed E-state index contributed by atoms with van der Waals surface area (Å²) in [5.41, 5.74) is -0.444. The zero-order chi connectivity index (χ0) is 20.6. The van der Waals surface area contributed by atoms with E-state index in [4.69, 9.17) is 0 Å². The van der Waals surface area contributed by atoms with Crippen molar-refractivity contribution in [3.05, 3.63) is 99.8 Å². The van der Waals surface area contributed by atoms with Gasteiger partial charge in [0.05, 0.1) is 18.7 Å². The molecule has 0 saturated carbocycles. The zero-order valence-electron chi connectivity index (χ0n) is 15.3. The number of benzene rings is 3. The van der Waals surface area contributed by atoms with Crippen LogP contribution in [0.3, 0.4) is 0 Å². The minimum Gasteiger partial charge on any atom is -0.375 e. The number of ketones is 1. The topological polar surface area (TPSA) is 57.6 Å². The van der Waals surface area contributed by atoms with Crippen molar-refractivity contribution in [1.82, 2.24) is 0 Å². The monoisotopic (exact) mass is 453 g/mol. The fourth-order valence-electron chi connectivity index (χ4n) is 3.63. The maximum Gasteiger partial charge on any atom is 0.264 e. The number of Topliss-reactive ketones (excluding diaryl/α,β-unsaturated/α-hetero) is 1. The highest BCUT2D eigenvalue weighted by Crippen LogP contribution is 2.43. The van der Waals surface area contributed by atoms with E-state index in [1.165, 1.54) is 11.0 Å². The normalized spacial score (nSPS) is 18.0. The maximum atomic E-state index is 14.1. The fourth-order valence-corrected chi connectivity index (χ4v) is 4.03. The Kier molecular flexibility index (Phi) is 5.06. The number of carbonyl (C=O) groups is 2. The smallest absolute Gasteiger partial charge is 0.264 e. The van der Waals surface area contributed by atoms with Gasteiger partial charge in [-0.05, 0) is 24.3 Å². The van der Waals surface area contributed by atoms with Gasteiger partial charge in [-0.15, -0.1) is 0 Å². The Hall–Kier alpha value is -2.83. The van der Waals surface area contributed by atoms with E-state index in [0.29, 0.717) is 22.4 Å². The van der Waals surface area contributed by atoms with Crippen LogP contribution in [-0.4, -0.2) is 16.8 Å². The van der Waals surface area contributed by atoms with Crippen molar-refractivity contribution >= 4 is 33.3 Å². The lowest BCUT2D eigenvalue weighted by molar-refractivity contribution is -0.136. The van der Waals surface area contributed by atoms with Gasteiger partial charge in [-0.3, -0.25) is 9.59 Å². The maximum absolute atomic E-state index is 14.1. The van der Waals surface area contributed by atoms with Crippen molar-refractivity contribution in [1.29, 1.82) is 0 Å². The molecule has 0 radical (unpaired) electrons. The molecule has 0 aromatic heterocycles. The van der Waals surface area contributed by atoms with Gasteiger partial charge in [-0.1, -0.05) is 64.5 Å². The molecule has 3 aromatic carbocycles. The molecule has 1 atom stereocenters. The van der Waals surface area contributed by atoms with Crippen LogP contribution in [-0.2, 0) is 16.9 Å². The molecule has 1 N–H and O–H groups in total. The van der Waals surface area contributed by atoms with Crippen LogP contribution in [0.1, 0.15) is 27.9 Å². The number of hydrogen-bond acceptors (Lipinski definition) is 3. The Balaban J connectivity index is 1.70. The van der Waals surface area contributed by atoms with Crippen LogP contribution in [0.15, 0.2) is 77.3 Å². The minimum absolute atomic E-state index is 0.0318. The van der Waals surface area contributed by atoms with Gasteiger partial charge >= 0.3 is 0 Å². The Morgan fingerprint density at radius 1 is 1.03 bits per heavy atom. The molecule has 0 unspecified atom stereocenters. The van der Waals surface area contributed by atoms with Crippen LogP contribution < -0.4 is 4.90 Å². The quantitative estimate of drug-likeness (QED) is 0.574. The van der Waals surface area contributed by atoms with Crippen molar-refractivity contribution in [3.63, 3.8) is 0 Å². The summed E-state index contributed by atoms with van der Waals surface area (Å²) >= 11 is 3.32. The third-order valence-electron chi connectivity index (χ3n) is 5.09. The molecular formula is C23H17BrFNO3. The molecule has 1 amide bonds. The van der Waals surface area contributed by atoms with Crippen LogP contribution >= 0.6 is 15.9 Å². The van der Waals surface area contributed by atoms with Gasteiger partial charge in [-0.2, -0.15) is 0 Å². The number of aliphatic hydroxyl groups is 1. The molecule has 0 spiro atoms. The largest absolute Gasteiger partial charge is 0.375 e. The number of halogens is 2. The van der Waals surface area contributed by atoms with E-state index >= 15 is 0 Å². The number of para-hydroxylation sites is 1. The minimum atomic E-state index is -2.00. The molecule has 0 saturated heterocycles. The molecule has 146 valence electrons. The van der Waals surface area contributed by atoms with Crippen LogP contribution in [0.4, 0.5) is 10.1 Å². The summed E-state index contributed by atoms with van der Waals surface area (Å²) in [5, 5.41) is 11.3. The SMILES string of the molecule is O=C(C[C@@]1(O)C(=O)N(Cc2ccccc2F)c2ccccc21)c1cccc(Br)c1. The lowest BCUT2D eigenvalue weighted by Crippen LogP contribution is -2.41. The van der Waals surface area contributed by atoms with Gasteiger partial charge < -0.3 is 10.0 Å². The molecule has 1 heterocycles. The zero-order valence-corrected chi connectivity index (χ0v) is 16.9. The molecule has 4 rings (SSSR count). The molecule has 0 aliphatic carbocycles. The van der Waals surface area contributed by atoms with Crippen LogP contribution in [0, 0.1) is 5.82 Å². The van der Waals surface area contributed by atoms with Crippen LogP contribution in [0.2, 0.25) is 0 Å². The van der Waals surface area contributed by atoms with E-state index in [9.17, 15) is 19.1 Å². The number of fused-ring (bicyclic) bond motifs is 1. The number of carbonyl (C=O) groups excluding carboxylic acids is 2. The molecule has 1 aliphatic heterocycles. The van der Waals surface area contributed by atoms with Gasteiger partial charge in [0, 0.05) is 21.2 Å². The second-order valence-corrected chi connectivity index (χ2v) is 7.89. The molecule has 3 aromatic rings. The van der Waals surface area contributed by atoms with Gasteiger partial charge in [0.2, 0.25) is 0 Å². The standard InChI is InChI=1S/C23H17BrFNO3/c24-17-8-5-7-15(12-17)21(27)13-23(29)18-9-2-4-11-20(18)26(22(23)28)14-16-6-1-3-10-19(16)25/h1-12,29H,13-14H2/t23-/m0/s1. The molecule has 0 fully saturated rings. The summed E-state index contributed by atoms with van der Waals surface area (Å²) in [6.45, 7) is -0.0318. The van der Waals surface area contributed by atoms with Crippen LogP contribution in [0.25, 0.3) is 0 Å². The average molecular weight is 454 g/mol. The number of rotatable bonds is 5. The van der Waals surface area contributed by atoms with Crippen molar-refractivity contribution in [2.75, 3.05) is 4.90 Å². The summed E-state index contributed by atoms with van der Waals surface area (Å²) in [5.74, 6) is -1.42.